The molecule has 0 bridgehead atoms. The van der Waals surface area contributed by atoms with Gasteiger partial charge < -0.3 is 15.0 Å². The minimum atomic E-state index is -5.09. The molecular weight excluding hydrogens is 241 g/mol. The van der Waals surface area contributed by atoms with Crippen LogP contribution in [0.1, 0.15) is 0 Å². The number of alkyl halides is 3. The lowest BCUT2D eigenvalue weighted by atomic mass is 10.3. The van der Waals surface area contributed by atoms with Crippen LogP contribution < -0.4 is 5.32 Å². The predicted octanol–water partition coefficient (Wildman–Crippen LogP) is 0.620. The van der Waals surface area contributed by atoms with Crippen LogP contribution >= 0.6 is 0 Å². The van der Waals surface area contributed by atoms with Crippen molar-refractivity contribution in [1.29, 1.82) is 0 Å². The molecule has 0 aromatic carbocycles. The summed E-state index contributed by atoms with van der Waals surface area (Å²) < 4.78 is 37.2. The number of rotatable bonds is 4. The van der Waals surface area contributed by atoms with Crippen LogP contribution in [0.4, 0.5) is 13.2 Å². The maximum atomic E-state index is 11.9. The zero-order chi connectivity index (χ0) is 13.1. The molecule has 0 aliphatic rings. The Hall–Kier alpha value is -1.99. The number of carbonyl (C=O) groups is 2. The molecule has 8 heteroatoms. The van der Waals surface area contributed by atoms with Crippen LogP contribution in [0.5, 0.6) is 0 Å². The van der Waals surface area contributed by atoms with Crippen molar-refractivity contribution in [2.75, 3.05) is 0 Å². The molecule has 1 aromatic heterocycles. The third kappa shape index (κ3) is 3.82. The SMILES string of the molecule is O=C(O)C(Cn1cccc1)NC(=O)C(F)(F)F. The minimum Gasteiger partial charge on any atom is -0.480 e. The maximum absolute atomic E-state index is 11.9. The fourth-order valence-corrected chi connectivity index (χ4v) is 1.13. The Labute approximate surface area is 93.8 Å². The van der Waals surface area contributed by atoms with E-state index in [1.165, 1.54) is 22.3 Å². The number of hydrogen-bond donors (Lipinski definition) is 2. The first kappa shape index (κ1) is 13.1. The van der Waals surface area contributed by atoms with E-state index in [1.807, 2.05) is 0 Å². The molecule has 1 aromatic rings. The van der Waals surface area contributed by atoms with E-state index in [1.54, 1.807) is 12.1 Å². The number of carboxylic acids is 1. The summed E-state index contributed by atoms with van der Waals surface area (Å²) in [5.74, 6) is -3.80. The van der Waals surface area contributed by atoms with Gasteiger partial charge >= 0.3 is 18.1 Å². The molecule has 0 fully saturated rings. The van der Waals surface area contributed by atoms with Gasteiger partial charge in [-0.25, -0.2) is 4.79 Å². The first-order valence-electron chi connectivity index (χ1n) is 4.52. The van der Waals surface area contributed by atoms with Gasteiger partial charge in [-0.1, -0.05) is 0 Å². The van der Waals surface area contributed by atoms with Crippen molar-refractivity contribution in [2.45, 2.75) is 18.8 Å². The summed E-state index contributed by atoms with van der Waals surface area (Å²) in [4.78, 5) is 21.3. The van der Waals surface area contributed by atoms with E-state index >= 15 is 0 Å². The fraction of sp³-hybridized carbons (Fsp3) is 0.333. The van der Waals surface area contributed by atoms with Gasteiger partial charge in [0.15, 0.2) is 0 Å². The third-order valence-electron chi connectivity index (χ3n) is 1.92. The summed E-state index contributed by atoms with van der Waals surface area (Å²) in [6.07, 6.45) is -2.13. The molecule has 1 rings (SSSR count). The topological polar surface area (TPSA) is 71.3 Å². The van der Waals surface area contributed by atoms with Crippen molar-refractivity contribution in [3.63, 3.8) is 0 Å². The Bertz CT molecular complexity index is 400. The van der Waals surface area contributed by atoms with Crippen LogP contribution in [-0.2, 0) is 16.1 Å². The second-order valence-electron chi connectivity index (χ2n) is 3.24. The van der Waals surface area contributed by atoms with Crippen molar-refractivity contribution in [3.8, 4) is 0 Å². The highest BCUT2D eigenvalue weighted by atomic mass is 19.4. The average molecular weight is 250 g/mol. The van der Waals surface area contributed by atoms with Gasteiger partial charge in [0.1, 0.15) is 6.04 Å². The van der Waals surface area contributed by atoms with E-state index in [0.29, 0.717) is 0 Å². The number of amides is 1. The van der Waals surface area contributed by atoms with Gasteiger partial charge in [-0.2, -0.15) is 13.2 Å². The van der Waals surface area contributed by atoms with Gasteiger partial charge in [0, 0.05) is 12.4 Å². The van der Waals surface area contributed by atoms with Crippen LogP contribution in [-0.4, -0.2) is 33.8 Å². The molecule has 0 saturated carbocycles. The normalized spacial score (nSPS) is 13.1. The summed E-state index contributed by atoms with van der Waals surface area (Å²) in [7, 11) is 0. The van der Waals surface area contributed by atoms with E-state index in [2.05, 4.69) is 0 Å². The van der Waals surface area contributed by atoms with E-state index < -0.39 is 24.1 Å². The molecule has 94 valence electrons. The first-order valence-corrected chi connectivity index (χ1v) is 4.52. The Kier molecular flexibility index (Phi) is 3.77. The van der Waals surface area contributed by atoms with Gasteiger partial charge in [-0.05, 0) is 12.1 Å². The highest BCUT2D eigenvalue weighted by Gasteiger charge is 2.40. The molecule has 0 radical (unpaired) electrons. The highest BCUT2D eigenvalue weighted by molar-refractivity contribution is 5.86. The highest BCUT2D eigenvalue weighted by Crippen LogP contribution is 2.14. The fourth-order valence-electron chi connectivity index (χ4n) is 1.13. The molecular formula is C9H9F3N2O3. The molecule has 1 amide bonds. The van der Waals surface area contributed by atoms with Crippen molar-refractivity contribution >= 4 is 11.9 Å². The molecule has 1 atom stereocenters. The summed E-state index contributed by atoms with van der Waals surface area (Å²) in [6.45, 7) is -0.274. The maximum Gasteiger partial charge on any atom is 0.471 e. The van der Waals surface area contributed by atoms with E-state index in [0.717, 1.165) is 0 Å². The lowest BCUT2D eigenvalue weighted by Gasteiger charge is -2.16. The Balaban J connectivity index is 2.68. The molecule has 1 heterocycles. The molecule has 0 saturated heterocycles. The third-order valence-corrected chi connectivity index (χ3v) is 1.92. The van der Waals surface area contributed by atoms with Gasteiger partial charge in [0.25, 0.3) is 0 Å². The largest absolute Gasteiger partial charge is 0.480 e. The number of aromatic nitrogens is 1. The Morgan fingerprint density at radius 2 is 1.82 bits per heavy atom. The van der Waals surface area contributed by atoms with Crippen molar-refractivity contribution in [3.05, 3.63) is 24.5 Å². The number of hydrogen-bond acceptors (Lipinski definition) is 2. The quantitative estimate of drug-likeness (QED) is 0.822. The summed E-state index contributed by atoms with van der Waals surface area (Å²) in [5, 5.41) is 10.1. The number of carbonyl (C=O) groups excluding carboxylic acids is 1. The smallest absolute Gasteiger partial charge is 0.471 e. The first-order chi connectivity index (χ1) is 7.80. The second-order valence-corrected chi connectivity index (χ2v) is 3.24. The zero-order valence-electron chi connectivity index (χ0n) is 8.44. The molecule has 17 heavy (non-hydrogen) atoms. The van der Waals surface area contributed by atoms with E-state index in [4.69, 9.17) is 5.11 Å². The number of halogens is 3. The summed E-state index contributed by atoms with van der Waals surface area (Å²) >= 11 is 0. The number of nitrogens with one attached hydrogen (secondary N) is 1. The van der Waals surface area contributed by atoms with Gasteiger partial charge in [-0.15, -0.1) is 0 Å². The van der Waals surface area contributed by atoms with Gasteiger partial charge in [-0.3, -0.25) is 4.79 Å². The van der Waals surface area contributed by atoms with Crippen LogP contribution in [0.2, 0.25) is 0 Å². The average Bonchev–Trinajstić information content (AvgIpc) is 2.67. The minimum absolute atomic E-state index is 0.274. The molecule has 0 spiro atoms. The van der Waals surface area contributed by atoms with Gasteiger partial charge in [0.05, 0.1) is 6.54 Å². The van der Waals surface area contributed by atoms with Crippen LogP contribution in [0.25, 0.3) is 0 Å². The summed E-state index contributed by atoms with van der Waals surface area (Å²) in [5.41, 5.74) is 0. The number of nitrogens with zero attached hydrogens (tertiary/aromatic N) is 1. The second kappa shape index (κ2) is 4.89. The van der Waals surface area contributed by atoms with E-state index in [-0.39, 0.29) is 6.54 Å². The van der Waals surface area contributed by atoms with Crippen molar-refractivity contribution in [1.82, 2.24) is 9.88 Å². The van der Waals surface area contributed by atoms with E-state index in [9.17, 15) is 22.8 Å². The molecule has 0 aliphatic heterocycles. The summed E-state index contributed by atoms with van der Waals surface area (Å²) in [6, 6.07) is 1.55. The number of carboxylic acid groups (broad SMARTS) is 1. The van der Waals surface area contributed by atoms with Crippen molar-refractivity contribution in [2.24, 2.45) is 0 Å². The van der Waals surface area contributed by atoms with Crippen LogP contribution in [0, 0.1) is 0 Å². The Morgan fingerprint density at radius 3 is 2.24 bits per heavy atom. The standard InChI is InChI=1S/C9H9F3N2O3/c10-9(11,12)8(17)13-6(7(15)16)5-14-3-1-2-4-14/h1-4,6H,5H2,(H,13,17)(H,15,16). The van der Waals surface area contributed by atoms with Crippen LogP contribution in [0.3, 0.4) is 0 Å². The lowest BCUT2D eigenvalue weighted by molar-refractivity contribution is -0.175. The lowest BCUT2D eigenvalue weighted by Crippen LogP contribution is -2.48. The molecule has 1 unspecified atom stereocenters. The number of aliphatic carboxylic acids is 1. The van der Waals surface area contributed by atoms with Crippen LogP contribution in [0.15, 0.2) is 24.5 Å². The Morgan fingerprint density at radius 1 is 1.29 bits per heavy atom. The molecule has 2 N–H and O–H groups in total. The zero-order valence-corrected chi connectivity index (χ0v) is 8.44. The molecule has 0 aliphatic carbocycles. The van der Waals surface area contributed by atoms with Crippen molar-refractivity contribution < 1.29 is 27.9 Å². The molecule has 5 nitrogen and oxygen atoms in total. The predicted molar refractivity (Wildman–Crippen MR) is 50.1 cm³/mol. The van der Waals surface area contributed by atoms with Gasteiger partial charge in [0.2, 0.25) is 0 Å². The monoisotopic (exact) mass is 250 g/mol.